The normalized spacial score (nSPS) is 25.3. The highest BCUT2D eigenvalue weighted by Crippen LogP contribution is 2.30. The lowest BCUT2D eigenvalue weighted by Crippen LogP contribution is -2.27. The van der Waals surface area contributed by atoms with Crippen LogP contribution in [0.15, 0.2) is 0 Å². The minimum Gasteiger partial charge on any atom is -0.381 e. The Balaban J connectivity index is 2.05. The van der Waals surface area contributed by atoms with Gasteiger partial charge in [-0.2, -0.15) is 0 Å². The van der Waals surface area contributed by atoms with E-state index < -0.39 is 0 Å². The van der Waals surface area contributed by atoms with E-state index in [0.717, 1.165) is 31.7 Å². The van der Waals surface area contributed by atoms with Crippen molar-refractivity contribution >= 4 is 0 Å². The molecular weight excluding hydrogens is 224 g/mol. The number of hydrogen-bond donors (Lipinski definition) is 0. The SMILES string of the molecule is CCCCOCC1CCC(COC(C)(C)C)CC1. The van der Waals surface area contributed by atoms with E-state index in [1.807, 2.05) is 0 Å². The molecule has 0 radical (unpaired) electrons. The summed E-state index contributed by atoms with van der Waals surface area (Å²) in [5.74, 6) is 1.57. The van der Waals surface area contributed by atoms with Gasteiger partial charge in [-0.25, -0.2) is 0 Å². The molecule has 0 saturated heterocycles. The van der Waals surface area contributed by atoms with Gasteiger partial charge >= 0.3 is 0 Å². The second kappa shape index (κ2) is 8.16. The second-order valence-corrected chi connectivity index (χ2v) is 6.74. The summed E-state index contributed by atoms with van der Waals surface area (Å²) in [6.45, 7) is 11.5. The van der Waals surface area contributed by atoms with Crippen LogP contribution in [0.25, 0.3) is 0 Å². The van der Waals surface area contributed by atoms with Crippen molar-refractivity contribution in [3.05, 3.63) is 0 Å². The minimum atomic E-state index is 0.0140. The van der Waals surface area contributed by atoms with Gasteiger partial charge < -0.3 is 9.47 Å². The maximum atomic E-state index is 5.89. The van der Waals surface area contributed by atoms with E-state index in [9.17, 15) is 0 Å². The van der Waals surface area contributed by atoms with Crippen molar-refractivity contribution < 1.29 is 9.47 Å². The Labute approximate surface area is 113 Å². The highest BCUT2D eigenvalue weighted by atomic mass is 16.5. The molecule has 0 amide bonds. The number of ether oxygens (including phenoxy) is 2. The van der Waals surface area contributed by atoms with E-state index in [1.54, 1.807) is 0 Å². The smallest absolute Gasteiger partial charge is 0.0598 e. The van der Waals surface area contributed by atoms with E-state index >= 15 is 0 Å². The summed E-state index contributed by atoms with van der Waals surface area (Å²) in [7, 11) is 0. The Morgan fingerprint density at radius 1 is 0.944 bits per heavy atom. The predicted molar refractivity (Wildman–Crippen MR) is 76.9 cm³/mol. The number of unbranched alkanes of at least 4 members (excludes halogenated alkanes) is 1. The van der Waals surface area contributed by atoms with E-state index in [-0.39, 0.29) is 5.60 Å². The summed E-state index contributed by atoms with van der Waals surface area (Å²) in [5.41, 5.74) is 0.0140. The van der Waals surface area contributed by atoms with Crippen molar-refractivity contribution in [2.24, 2.45) is 11.8 Å². The van der Waals surface area contributed by atoms with E-state index in [0.29, 0.717) is 0 Å². The third kappa shape index (κ3) is 7.38. The fourth-order valence-electron chi connectivity index (χ4n) is 2.43. The molecule has 0 spiro atoms. The van der Waals surface area contributed by atoms with Gasteiger partial charge in [0.2, 0.25) is 0 Å². The number of rotatable bonds is 7. The highest BCUT2D eigenvalue weighted by molar-refractivity contribution is 4.73. The zero-order valence-corrected chi connectivity index (χ0v) is 12.8. The average molecular weight is 256 g/mol. The molecule has 108 valence electrons. The fourth-order valence-corrected chi connectivity index (χ4v) is 2.43. The van der Waals surface area contributed by atoms with Crippen LogP contribution in [-0.4, -0.2) is 25.4 Å². The molecule has 2 heteroatoms. The Hall–Kier alpha value is -0.0800. The van der Waals surface area contributed by atoms with Crippen LogP contribution in [0.4, 0.5) is 0 Å². The molecule has 0 heterocycles. The zero-order valence-electron chi connectivity index (χ0n) is 12.8. The Morgan fingerprint density at radius 3 is 2.00 bits per heavy atom. The average Bonchev–Trinajstić information content (AvgIpc) is 2.33. The lowest BCUT2D eigenvalue weighted by Gasteiger charge is -2.30. The highest BCUT2D eigenvalue weighted by Gasteiger charge is 2.23. The Morgan fingerprint density at radius 2 is 1.50 bits per heavy atom. The van der Waals surface area contributed by atoms with Crippen LogP contribution < -0.4 is 0 Å². The van der Waals surface area contributed by atoms with Gasteiger partial charge in [-0.3, -0.25) is 0 Å². The quantitative estimate of drug-likeness (QED) is 0.628. The third-order valence-corrected chi connectivity index (χ3v) is 3.71. The first-order chi connectivity index (χ1) is 8.51. The second-order valence-electron chi connectivity index (χ2n) is 6.74. The molecule has 1 aliphatic rings. The molecule has 0 aromatic heterocycles. The topological polar surface area (TPSA) is 18.5 Å². The summed E-state index contributed by atoms with van der Waals surface area (Å²) >= 11 is 0. The summed E-state index contributed by atoms with van der Waals surface area (Å²) in [5, 5.41) is 0. The molecule has 1 aliphatic carbocycles. The molecule has 0 bridgehead atoms. The van der Waals surface area contributed by atoms with Crippen molar-refractivity contribution in [2.75, 3.05) is 19.8 Å². The molecule has 0 aromatic carbocycles. The van der Waals surface area contributed by atoms with Gasteiger partial charge in [-0.15, -0.1) is 0 Å². The summed E-state index contributed by atoms with van der Waals surface area (Å²) < 4.78 is 11.6. The van der Waals surface area contributed by atoms with Crippen LogP contribution in [0.5, 0.6) is 0 Å². The van der Waals surface area contributed by atoms with Gasteiger partial charge in [-0.05, 0) is 64.7 Å². The van der Waals surface area contributed by atoms with Gasteiger partial charge in [-0.1, -0.05) is 13.3 Å². The largest absolute Gasteiger partial charge is 0.381 e. The van der Waals surface area contributed by atoms with E-state index in [2.05, 4.69) is 27.7 Å². The summed E-state index contributed by atoms with van der Waals surface area (Å²) in [4.78, 5) is 0. The first-order valence-corrected chi connectivity index (χ1v) is 7.73. The van der Waals surface area contributed by atoms with Crippen LogP contribution in [0, 0.1) is 11.8 Å². The third-order valence-electron chi connectivity index (χ3n) is 3.71. The monoisotopic (exact) mass is 256 g/mol. The maximum Gasteiger partial charge on any atom is 0.0598 e. The molecule has 2 nitrogen and oxygen atoms in total. The molecule has 0 aliphatic heterocycles. The van der Waals surface area contributed by atoms with Crippen molar-refractivity contribution in [3.63, 3.8) is 0 Å². The first kappa shape index (κ1) is 16.0. The van der Waals surface area contributed by atoms with Crippen molar-refractivity contribution in [1.82, 2.24) is 0 Å². The van der Waals surface area contributed by atoms with Crippen LogP contribution in [0.1, 0.15) is 66.2 Å². The molecule has 1 rings (SSSR count). The predicted octanol–water partition coefficient (Wildman–Crippen LogP) is 4.42. The fraction of sp³-hybridized carbons (Fsp3) is 1.00. The number of hydrogen-bond acceptors (Lipinski definition) is 2. The minimum absolute atomic E-state index is 0.0140. The van der Waals surface area contributed by atoms with Crippen LogP contribution in [-0.2, 0) is 9.47 Å². The maximum absolute atomic E-state index is 5.89. The first-order valence-electron chi connectivity index (χ1n) is 7.73. The van der Waals surface area contributed by atoms with Crippen molar-refractivity contribution in [2.45, 2.75) is 71.8 Å². The van der Waals surface area contributed by atoms with Crippen LogP contribution >= 0.6 is 0 Å². The van der Waals surface area contributed by atoms with Gasteiger partial charge in [0.25, 0.3) is 0 Å². The van der Waals surface area contributed by atoms with Crippen molar-refractivity contribution in [1.29, 1.82) is 0 Å². The molecule has 0 unspecified atom stereocenters. The molecular formula is C16H32O2. The van der Waals surface area contributed by atoms with E-state index in [4.69, 9.17) is 9.47 Å². The Kier molecular flexibility index (Phi) is 7.25. The van der Waals surface area contributed by atoms with Crippen LogP contribution in [0.2, 0.25) is 0 Å². The summed E-state index contributed by atoms with van der Waals surface area (Å²) in [6.07, 6.45) is 7.72. The molecule has 0 atom stereocenters. The molecule has 0 aromatic rings. The molecule has 1 fully saturated rings. The van der Waals surface area contributed by atoms with Crippen LogP contribution in [0.3, 0.4) is 0 Å². The summed E-state index contributed by atoms with van der Waals surface area (Å²) in [6, 6.07) is 0. The lowest BCUT2D eigenvalue weighted by molar-refractivity contribution is -0.0330. The molecule has 18 heavy (non-hydrogen) atoms. The molecule has 1 saturated carbocycles. The van der Waals surface area contributed by atoms with Crippen molar-refractivity contribution in [3.8, 4) is 0 Å². The van der Waals surface area contributed by atoms with E-state index in [1.165, 1.54) is 38.5 Å². The lowest BCUT2D eigenvalue weighted by atomic mass is 9.83. The van der Waals surface area contributed by atoms with Gasteiger partial charge in [0.15, 0.2) is 0 Å². The standard InChI is InChI=1S/C16H32O2/c1-5-6-11-17-12-14-7-9-15(10-8-14)13-18-16(2,3)4/h14-15H,5-13H2,1-4H3. The van der Waals surface area contributed by atoms with Gasteiger partial charge in [0.05, 0.1) is 12.2 Å². The zero-order chi connectivity index (χ0) is 13.4. The molecule has 0 N–H and O–H groups in total. The van der Waals surface area contributed by atoms with Gasteiger partial charge in [0.1, 0.15) is 0 Å². The van der Waals surface area contributed by atoms with Gasteiger partial charge in [0, 0.05) is 13.2 Å². The Bertz CT molecular complexity index is 200.